The van der Waals surface area contributed by atoms with Crippen LogP contribution in [-0.4, -0.2) is 34.8 Å². The second kappa shape index (κ2) is 4.85. The minimum absolute atomic E-state index is 0.0318. The Morgan fingerprint density at radius 2 is 2.06 bits per heavy atom. The molecule has 0 spiro atoms. The molecule has 0 saturated carbocycles. The van der Waals surface area contributed by atoms with E-state index in [4.69, 9.17) is 0 Å². The van der Waals surface area contributed by atoms with E-state index in [9.17, 15) is 9.59 Å². The van der Waals surface area contributed by atoms with Crippen LogP contribution >= 0.6 is 0 Å². The molecule has 1 saturated heterocycles. The van der Waals surface area contributed by atoms with E-state index >= 15 is 0 Å². The van der Waals surface area contributed by atoms with Crippen molar-refractivity contribution in [3.8, 4) is 0 Å². The van der Waals surface area contributed by atoms with Crippen molar-refractivity contribution in [3.05, 3.63) is 0 Å². The molecule has 1 unspecified atom stereocenters. The summed E-state index contributed by atoms with van der Waals surface area (Å²) in [5.74, 6) is -0.0000477. The number of hydrogen-bond donors (Lipinski definition) is 1. The van der Waals surface area contributed by atoms with Gasteiger partial charge >= 0.3 is 0 Å². The van der Waals surface area contributed by atoms with E-state index in [-0.39, 0.29) is 17.4 Å². The molecule has 1 N–H and O–H groups in total. The van der Waals surface area contributed by atoms with Crippen molar-refractivity contribution in [3.63, 3.8) is 0 Å². The maximum absolute atomic E-state index is 12.1. The van der Waals surface area contributed by atoms with Crippen LogP contribution in [0.15, 0.2) is 0 Å². The van der Waals surface area contributed by atoms with Crippen LogP contribution in [-0.2, 0) is 9.59 Å². The molecule has 0 radical (unpaired) electrons. The number of rotatable bonds is 3. The molecule has 1 heterocycles. The number of nitrogens with one attached hydrogen (secondary N) is 1. The third kappa shape index (κ3) is 2.74. The van der Waals surface area contributed by atoms with E-state index in [1.165, 1.54) is 0 Å². The minimum Gasteiger partial charge on any atom is -0.345 e. The number of amides is 2. The highest BCUT2D eigenvalue weighted by Gasteiger charge is 2.35. The number of nitrogens with zero attached hydrogens (tertiary/aromatic N) is 1. The molecule has 0 bridgehead atoms. The van der Waals surface area contributed by atoms with Crippen LogP contribution < -0.4 is 5.32 Å². The minimum atomic E-state index is -0.397. The van der Waals surface area contributed by atoms with Gasteiger partial charge in [-0.15, -0.1) is 0 Å². The number of carbonyl (C=O) groups excluding carboxylic acids is 2. The molecule has 0 aromatic rings. The normalized spacial score (nSPS) is 23.0. The molecule has 0 aromatic heterocycles. The second-order valence-corrected chi connectivity index (χ2v) is 5.09. The van der Waals surface area contributed by atoms with Crippen molar-refractivity contribution in [1.29, 1.82) is 0 Å². The van der Waals surface area contributed by atoms with Crippen molar-refractivity contribution >= 4 is 11.8 Å². The van der Waals surface area contributed by atoms with Gasteiger partial charge in [-0.25, -0.2) is 0 Å². The summed E-state index contributed by atoms with van der Waals surface area (Å²) in [6, 6.07) is -0.397. The molecule has 4 nitrogen and oxygen atoms in total. The summed E-state index contributed by atoms with van der Waals surface area (Å²) in [5, 5.41) is 2.71. The van der Waals surface area contributed by atoms with Gasteiger partial charge in [-0.05, 0) is 27.2 Å². The smallest absolute Gasteiger partial charge is 0.245 e. The Kier molecular flexibility index (Phi) is 3.94. The van der Waals surface area contributed by atoms with Gasteiger partial charge in [0, 0.05) is 18.5 Å². The van der Waals surface area contributed by atoms with E-state index in [0.29, 0.717) is 13.0 Å². The molecule has 1 aliphatic heterocycles. The van der Waals surface area contributed by atoms with Crippen LogP contribution in [0.25, 0.3) is 0 Å². The molecule has 1 atom stereocenters. The van der Waals surface area contributed by atoms with Crippen molar-refractivity contribution in [1.82, 2.24) is 10.2 Å². The van der Waals surface area contributed by atoms with Gasteiger partial charge in [0.1, 0.15) is 6.04 Å². The first-order valence-corrected chi connectivity index (χ1v) is 5.99. The zero-order valence-corrected chi connectivity index (χ0v) is 10.7. The summed E-state index contributed by atoms with van der Waals surface area (Å²) >= 11 is 0. The van der Waals surface area contributed by atoms with Crippen LogP contribution in [0, 0.1) is 0 Å². The van der Waals surface area contributed by atoms with Crippen molar-refractivity contribution in [2.45, 2.75) is 58.5 Å². The van der Waals surface area contributed by atoms with Gasteiger partial charge in [-0.1, -0.05) is 13.3 Å². The van der Waals surface area contributed by atoms with Gasteiger partial charge in [-0.3, -0.25) is 9.59 Å². The first kappa shape index (κ1) is 13.0. The lowest BCUT2D eigenvalue weighted by molar-refractivity contribution is -0.138. The van der Waals surface area contributed by atoms with Crippen molar-refractivity contribution in [2.75, 3.05) is 6.54 Å². The van der Waals surface area contributed by atoms with Gasteiger partial charge in [0.25, 0.3) is 0 Å². The van der Waals surface area contributed by atoms with Gasteiger partial charge in [0.2, 0.25) is 11.8 Å². The highest BCUT2D eigenvalue weighted by molar-refractivity contribution is 5.90. The molecule has 16 heavy (non-hydrogen) atoms. The fraction of sp³-hybridized carbons (Fsp3) is 0.833. The molecule has 92 valence electrons. The third-order valence-electron chi connectivity index (χ3n) is 3.17. The Labute approximate surface area is 97.4 Å². The molecule has 0 aliphatic carbocycles. The first-order valence-electron chi connectivity index (χ1n) is 5.99. The summed E-state index contributed by atoms with van der Waals surface area (Å²) in [5.41, 5.74) is -0.160. The van der Waals surface area contributed by atoms with E-state index in [1.807, 2.05) is 4.90 Å². The molecule has 1 aliphatic rings. The number of hydrogen-bond acceptors (Lipinski definition) is 2. The second-order valence-electron chi connectivity index (χ2n) is 5.09. The van der Waals surface area contributed by atoms with Crippen LogP contribution in [0.1, 0.15) is 47.0 Å². The van der Waals surface area contributed by atoms with E-state index < -0.39 is 6.04 Å². The molecule has 0 aromatic carbocycles. The quantitative estimate of drug-likeness (QED) is 0.788. The molecule has 2 amide bonds. The maximum atomic E-state index is 12.1. The lowest BCUT2D eigenvalue weighted by atomic mass is 9.95. The fourth-order valence-electron chi connectivity index (χ4n) is 2.28. The van der Waals surface area contributed by atoms with Crippen LogP contribution in [0.3, 0.4) is 0 Å². The highest BCUT2D eigenvalue weighted by atomic mass is 16.2. The Balaban J connectivity index is 2.85. The molecule has 1 fully saturated rings. The largest absolute Gasteiger partial charge is 0.345 e. The number of carbonyl (C=O) groups is 2. The topological polar surface area (TPSA) is 49.4 Å². The summed E-state index contributed by atoms with van der Waals surface area (Å²) < 4.78 is 0. The predicted molar refractivity (Wildman–Crippen MR) is 62.9 cm³/mol. The third-order valence-corrected chi connectivity index (χ3v) is 3.17. The lowest BCUT2D eigenvalue weighted by Gasteiger charge is -2.38. The molecule has 4 heteroatoms. The predicted octanol–water partition coefficient (Wildman–Crippen LogP) is 1.30. The zero-order chi connectivity index (χ0) is 12.3. The van der Waals surface area contributed by atoms with Gasteiger partial charge in [-0.2, -0.15) is 0 Å². The monoisotopic (exact) mass is 226 g/mol. The molecular formula is C12H22N2O2. The summed E-state index contributed by atoms with van der Waals surface area (Å²) in [6.07, 6.45) is 2.40. The Morgan fingerprint density at radius 1 is 1.44 bits per heavy atom. The average Bonchev–Trinajstić information content (AvgIpc) is 2.27. The van der Waals surface area contributed by atoms with Crippen molar-refractivity contribution < 1.29 is 9.59 Å². The van der Waals surface area contributed by atoms with Gasteiger partial charge < -0.3 is 10.2 Å². The van der Waals surface area contributed by atoms with E-state index in [2.05, 4.69) is 26.1 Å². The molecular weight excluding hydrogens is 204 g/mol. The SMILES string of the molecule is CCCC(C)(C)N1CCC(=O)NC(C)C1=O. The van der Waals surface area contributed by atoms with Gasteiger partial charge in [0.15, 0.2) is 0 Å². The van der Waals surface area contributed by atoms with E-state index in [0.717, 1.165) is 12.8 Å². The van der Waals surface area contributed by atoms with Gasteiger partial charge in [0.05, 0.1) is 0 Å². The van der Waals surface area contributed by atoms with Crippen molar-refractivity contribution in [2.24, 2.45) is 0 Å². The zero-order valence-electron chi connectivity index (χ0n) is 10.7. The Hall–Kier alpha value is -1.06. The fourth-order valence-corrected chi connectivity index (χ4v) is 2.28. The van der Waals surface area contributed by atoms with Crippen LogP contribution in [0.2, 0.25) is 0 Å². The van der Waals surface area contributed by atoms with Crippen LogP contribution in [0.5, 0.6) is 0 Å². The first-order chi connectivity index (χ1) is 7.38. The highest BCUT2D eigenvalue weighted by Crippen LogP contribution is 2.23. The average molecular weight is 226 g/mol. The molecule has 1 rings (SSSR count). The standard InChI is InChI=1S/C12H22N2O2/c1-5-7-12(3,4)14-8-6-10(15)13-9(2)11(14)16/h9H,5-8H2,1-4H3,(H,13,15). The summed E-state index contributed by atoms with van der Waals surface area (Å²) in [7, 11) is 0. The van der Waals surface area contributed by atoms with E-state index in [1.54, 1.807) is 6.92 Å². The maximum Gasteiger partial charge on any atom is 0.245 e. The lowest BCUT2D eigenvalue weighted by Crippen LogP contribution is -2.52. The summed E-state index contributed by atoms with van der Waals surface area (Å²) in [4.78, 5) is 25.3. The van der Waals surface area contributed by atoms with Crippen LogP contribution in [0.4, 0.5) is 0 Å². The summed E-state index contributed by atoms with van der Waals surface area (Å²) in [6.45, 7) is 8.52. The Bertz CT molecular complexity index is 287. The Morgan fingerprint density at radius 3 is 2.62 bits per heavy atom.